The minimum atomic E-state index is 0.0117. The van der Waals surface area contributed by atoms with Crippen LogP contribution in [0, 0.1) is 0 Å². The van der Waals surface area contributed by atoms with Crippen LogP contribution in [0.2, 0.25) is 0 Å². The predicted molar refractivity (Wildman–Crippen MR) is 104 cm³/mol. The van der Waals surface area contributed by atoms with Crippen molar-refractivity contribution in [3.8, 4) is 0 Å². The topological polar surface area (TPSA) is 15.3 Å². The molecule has 2 atom stereocenters. The minimum Gasteiger partial charge on any atom is -0.310 e. The van der Waals surface area contributed by atoms with E-state index in [0.29, 0.717) is 16.4 Å². The van der Waals surface area contributed by atoms with Crippen LogP contribution < -0.4 is 5.32 Å². The standard InChI is InChI=1S/C19H41N2P/c1-9-21(10-2)14-16-12-11-13-17(20-16)15-22(18(3,4)5)19(6,7)8/h16-17,20H,9-15H2,1-8H3. The molecule has 3 heteroatoms. The van der Waals surface area contributed by atoms with Crippen LogP contribution in [-0.4, -0.2) is 53.1 Å². The summed E-state index contributed by atoms with van der Waals surface area (Å²) in [6.07, 6.45) is 5.52. The molecule has 1 saturated heterocycles. The third kappa shape index (κ3) is 6.46. The molecule has 1 aliphatic heterocycles. The van der Waals surface area contributed by atoms with Gasteiger partial charge in [0.2, 0.25) is 0 Å². The fourth-order valence-electron chi connectivity index (χ4n) is 3.97. The van der Waals surface area contributed by atoms with Gasteiger partial charge in [0.05, 0.1) is 0 Å². The lowest BCUT2D eigenvalue weighted by Gasteiger charge is -2.45. The summed E-state index contributed by atoms with van der Waals surface area (Å²) in [5, 5.41) is 4.89. The molecule has 0 amide bonds. The predicted octanol–water partition coefficient (Wildman–Crippen LogP) is 4.92. The molecule has 0 spiro atoms. The molecule has 0 saturated carbocycles. The van der Waals surface area contributed by atoms with Gasteiger partial charge in [-0.3, -0.25) is 0 Å². The van der Waals surface area contributed by atoms with Crippen molar-refractivity contribution >= 4 is 7.92 Å². The van der Waals surface area contributed by atoms with E-state index < -0.39 is 0 Å². The van der Waals surface area contributed by atoms with Gasteiger partial charge in [-0.2, -0.15) is 0 Å². The SMILES string of the molecule is CCN(CC)CC1CCCC(CP(C(C)(C)C)C(C)(C)C)N1. The summed E-state index contributed by atoms with van der Waals surface area (Å²) in [4.78, 5) is 2.57. The maximum absolute atomic E-state index is 4.00. The maximum Gasteiger partial charge on any atom is 0.0197 e. The molecule has 1 N–H and O–H groups in total. The number of likely N-dealkylation sites (N-methyl/N-ethyl adjacent to an activating group) is 1. The van der Waals surface area contributed by atoms with Crippen LogP contribution in [0.5, 0.6) is 0 Å². The first-order valence-corrected chi connectivity index (χ1v) is 10.9. The van der Waals surface area contributed by atoms with Crippen molar-refractivity contribution in [1.29, 1.82) is 0 Å². The van der Waals surface area contributed by atoms with Gasteiger partial charge in [-0.25, -0.2) is 0 Å². The first-order chi connectivity index (χ1) is 10.1. The molecule has 2 unspecified atom stereocenters. The Balaban J connectivity index is 2.64. The Kier molecular flexibility index (Phi) is 7.83. The summed E-state index contributed by atoms with van der Waals surface area (Å²) in [5.74, 6) is 0. The molecule has 1 heterocycles. The normalized spacial score (nSPS) is 24.3. The number of hydrogen-bond donors (Lipinski definition) is 1. The van der Waals surface area contributed by atoms with Crippen LogP contribution in [0.1, 0.15) is 74.7 Å². The van der Waals surface area contributed by atoms with E-state index in [1.54, 1.807) is 0 Å². The average Bonchev–Trinajstić information content (AvgIpc) is 2.40. The van der Waals surface area contributed by atoms with Gasteiger partial charge in [-0.1, -0.05) is 69.7 Å². The van der Waals surface area contributed by atoms with Gasteiger partial charge in [0.1, 0.15) is 0 Å². The zero-order valence-corrected chi connectivity index (χ0v) is 17.4. The molecule has 0 aromatic heterocycles. The quantitative estimate of drug-likeness (QED) is 0.696. The Bertz CT molecular complexity index is 298. The van der Waals surface area contributed by atoms with Gasteiger partial charge in [0.15, 0.2) is 0 Å². The van der Waals surface area contributed by atoms with Crippen molar-refractivity contribution in [3.05, 3.63) is 0 Å². The van der Waals surface area contributed by atoms with Gasteiger partial charge < -0.3 is 10.2 Å². The second kappa shape index (κ2) is 8.45. The molecule has 132 valence electrons. The van der Waals surface area contributed by atoms with Crippen LogP contribution in [0.4, 0.5) is 0 Å². The molecule has 2 nitrogen and oxygen atoms in total. The second-order valence-electron chi connectivity index (χ2n) is 8.93. The molecule has 1 rings (SSSR count). The molecule has 0 aromatic carbocycles. The molecule has 0 radical (unpaired) electrons. The Hall–Kier alpha value is 0.350. The fraction of sp³-hybridized carbons (Fsp3) is 1.00. The fourth-order valence-corrected chi connectivity index (χ4v) is 7.80. The summed E-state index contributed by atoms with van der Waals surface area (Å²) in [6, 6.07) is 1.44. The largest absolute Gasteiger partial charge is 0.310 e. The van der Waals surface area contributed by atoms with E-state index in [2.05, 4.69) is 65.6 Å². The Morgan fingerprint density at radius 3 is 1.86 bits per heavy atom. The number of hydrogen-bond acceptors (Lipinski definition) is 2. The Labute approximate surface area is 141 Å². The smallest absolute Gasteiger partial charge is 0.0197 e. The molecular formula is C19H41N2P. The second-order valence-corrected chi connectivity index (χ2v) is 12.8. The van der Waals surface area contributed by atoms with Crippen molar-refractivity contribution in [3.63, 3.8) is 0 Å². The van der Waals surface area contributed by atoms with E-state index in [0.717, 1.165) is 6.04 Å². The Morgan fingerprint density at radius 2 is 1.41 bits per heavy atom. The molecule has 0 bridgehead atoms. The molecule has 0 aromatic rings. The van der Waals surface area contributed by atoms with Gasteiger partial charge in [-0.05, 0) is 42.4 Å². The molecule has 1 fully saturated rings. The average molecular weight is 329 g/mol. The first kappa shape index (κ1) is 20.4. The third-order valence-electron chi connectivity index (χ3n) is 4.97. The highest BCUT2D eigenvalue weighted by atomic mass is 31.1. The van der Waals surface area contributed by atoms with Crippen LogP contribution in [0.3, 0.4) is 0 Å². The number of nitrogens with one attached hydrogen (secondary N) is 1. The van der Waals surface area contributed by atoms with Crippen LogP contribution in [-0.2, 0) is 0 Å². The van der Waals surface area contributed by atoms with E-state index in [-0.39, 0.29) is 7.92 Å². The van der Waals surface area contributed by atoms with E-state index in [1.165, 1.54) is 45.1 Å². The number of nitrogens with zero attached hydrogens (tertiary/aromatic N) is 1. The highest BCUT2D eigenvalue weighted by Crippen LogP contribution is 2.59. The van der Waals surface area contributed by atoms with Crippen molar-refractivity contribution in [2.24, 2.45) is 0 Å². The minimum absolute atomic E-state index is 0.0117. The summed E-state index contributed by atoms with van der Waals surface area (Å²) in [5.41, 5.74) is 0. The zero-order chi connectivity index (χ0) is 17.0. The van der Waals surface area contributed by atoms with Crippen molar-refractivity contribution in [2.45, 2.75) is 97.0 Å². The highest BCUT2D eigenvalue weighted by molar-refractivity contribution is 7.60. The highest BCUT2D eigenvalue weighted by Gasteiger charge is 2.36. The lowest BCUT2D eigenvalue weighted by atomic mass is 9.99. The summed E-state index contributed by atoms with van der Waals surface area (Å²) in [7, 11) is 0.0117. The van der Waals surface area contributed by atoms with Crippen molar-refractivity contribution < 1.29 is 0 Å². The monoisotopic (exact) mass is 328 g/mol. The number of rotatable bonds is 6. The zero-order valence-electron chi connectivity index (χ0n) is 16.5. The maximum atomic E-state index is 4.00. The lowest BCUT2D eigenvalue weighted by Crippen LogP contribution is -2.50. The van der Waals surface area contributed by atoms with Gasteiger partial charge in [0, 0.05) is 18.6 Å². The van der Waals surface area contributed by atoms with Crippen LogP contribution in [0.15, 0.2) is 0 Å². The molecule has 22 heavy (non-hydrogen) atoms. The van der Waals surface area contributed by atoms with E-state index in [9.17, 15) is 0 Å². The van der Waals surface area contributed by atoms with E-state index in [1.807, 2.05) is 0 Å². The van der Waals surface area contributed by atoms with E-state index >= 15 is 0 Å². The van der Waals surface area contributed by atoms with Gasteiger partial charge in [-0.15, -0.1) is 0 Å². The van der Waals surface area contributed by atoms with Crippen LogP contribution >= 0.6 is 7.92 Å². The first-order valence-electron chi connectivity index (χ1n) is 9.34. The molecule has 0 aliphatic carbocycles. The summed E-state index contributed by atoms with van der Waals surface area (Å²) in [6.45, 7) is 22.8. The summed E-state index contributed by atoms with van der Waals surface area (Å²) < 4.78 is 0. The summed E-state index contributed by atoms with van der Waals surface area (Å²) >= 11 is 0. The Morgan fingerprint density at radius 1 is 0.909 bits per heavy atom. The van der Waals surface area contributed by atoms with Gasteiger partial charge >= 0.3 is 0 Å². The van der Waals surface area contributed by atoms with Crippen molar-refractivity contribution in [1.82, 2.24) is 10.2 Å². The number of piperidine rings is 1. The molecule has 1 aliphatic rings. The van der Waals surface area contributed by atoms with E-state index in [4.69, 9.17) is 0 Å². The molecular weight excluding hydrogens is 287 g/mol. The third-order valence-corrected chi connectivity index (χ3v) is 9.02. The van der Waals surface area contributed by atoms with Crippen LogP contribution in [0.25, 0.3) is 0 Å². The van der Waals surface area contributed by atoms with Gasteiger partial charge in [0.25, 0.3) is 0 Å². The lowest BCUT2D eigenvalue weighted by molar-refractivity contribution is 0.225. The van der Waals surface area contributed by atoms with Crippen molar-refractivity contribution in [2.75, 3.05) is 25.8 Å².